The van der Waals surface area contributed by atoms with Crippen LogP contribution < -0.4 is 15.8 Å². The van der Waals surface area contributed by atoms with Crippen molar-refractivity contribution in [1.29, 1.82) is 0 Å². The number of hydrogen-bond donors (Lipinski definition) is 3. The van der Waals surface area contributed by atoms with Crippen LogP contribution in [0.2, 0.25) is 0 Å². The number of carbonyl (C=O) groups excluding carboxylic acids is 1. The monoisotopic (exact) mass is 393 g/mol. The van der Waals surface area contributed by atoms with Crippen molar-refractivity contribution in [3.63, 3.8) is 0 Å². The lowest BCUT2D eigenvalue weighted by molar-refractivity contribution is -0.123. The van der Waals surface area contributed by atoms with E-state index in [4.69, 9.17) is 5.73 Å². The van der Waals surface area contributed by atoms with Crippen LogP contribution in [0.5, 0.6) is 0 Å². The molecule has 2 rings (SSSR count). The highest BCUT2D eigenvalue weighted by molar-refractivity contribution is 7.89. The Kier molecular flexibility index (Phi) is 5.99. The number of hydrogen-bond acceptors (Lipinski definition) is 4. The molecule has 0 heterocycles. The Bertz CT molecular complexity index is 746. The predicted octanol–water partition coefficient (Wildman–Crippen LogP) is 2.37. The first-order chi connectivity index (χ1) is 11.9. The lowest BCUT2D eigenvalue weighted by Gasteiger charge is -2.37. The fourth-order valence-electron chi connectivity index (χ4n) is 3.00. The summed E-state index contributed by atoms with van der Waals surface area (Å²) in [5, 5.41) is 2.69. The molecule has 0 aromatic heterocycles. The summed E-state index contributed by atoms with van der Waals surface area (Å²) in [7, 11) is -4.28. The first kappa shape index (κ1) is 20.7. The minimum absolute atomic E-state index is 0.250. The predicted molar refractivity (Wildman–Crippen MR) is 90.9 cm³/mol. The van der Waals surface area contributed by atoms with Crippen molar-refractivity contribution < 1.29 is 26.4 Å². The van der Waals surface area contributed by atoms with Crippen LogP contribution in [0.4, 0.5) is 18.9 Å². The summed E-state index contributed by atoms with van der Waals surface area (Å²) >= 11 is 0. The van der Waals surface area contributed by atoms with Gasteiger partial charge in [-0.05, 0) is 44.0 Å². The van der Waals surface area contributed by atoms with E-state index in [9.17, 15) is 26.4 Å². The van der Waals surface area contributed by atoms with E-state index in [2.05, 4.69) is 5.32 Å². The van der Waals surface area contributed by atoms with Gasteiger partial charge in [0.25, 0.3) is 0 Å². The van der Waals surface area contributed by atoms with Gasteiger partial charge in [-0.15, -0.1) is 0 Å². The zero-order valence-electron chi connectivity index (χ0n) is 14.3. The fraction of sp³-hybridized carbons (Fsp3) is 0.562. The average molecular weight is 393 g/mol. The van der Waals surface area contributed by atoms with Crippen molar-refractivity contribution in [2.75, 3.05) is 11.9 Å². The third-order valence-electron chi connectivity index (χ3n) is 4.47. The molecule has 1 aromatic carbocycles. The molecule has 1 aromatic rings. The maximum atomic E-state index is 12.4. The summed E-state index contributed by atoms with van der Waals surface area (Å²) in [5.74, 6) is -0.603. The maximum Gasteiger partial charge on any atom is 0.402 e. The van der Waals surface area contributed by atoms with Crippen LogP contribution in [0.3, 0.4) is 0 Å². The molecule has 6 nitrogen and oxygen atoms in total. The number of sulfonamides is 1. The molecule has 0 spiro atoms. The first-order valence-electron chi connectivity index (χ1n) is 8.17. The summed E-state index contributed by atoms with van der Waals surface area (Å²) in [5.41, 5.74) is 5.93. The van der Waals surface area contributed by atoms with Gasteiger partial charge in [0.05, 0.1) is 10.8 Å². The Morgan fingerprint density at radius 1 is 1.27 bits per heavy atom. The summed E-state index contributed by atoms with van der Waals surface area (Å²) in [6.07, 6.45) is -1.35. The molecule has 10 heteroatoms. The Labute approximate surface area is 150 Å². The van der Waals surface area contributed by atoms with E-state index in [0.29, 0.717) is 12.1 Å². The van der Waals surface area contributed by atoms with E-state index < -0.39 is 28.3 Å². The topological polar surface area (TPSA) is 101 Å². The van der Waals surface area contributed by atoms with Gasteiger partial charge in [0, 0.05) is 11.2 Å². The number of amides is 1. The summed E-state index contributed by atoms with van der Waals surface area (Å²) in [6.45, 7) is 0.184. The maximum absolute atomic E-state index is 12.4. The molecule has 26 heavy (non-hydrogen) atoms. The normalized spacial score (nSPS) is 24.3. The second-order valence-electron chi connectivity index (χ2n) is 6.76. The number of nitrogens with one attached hydrogen (secondary N) is 2. The molecular weight excluding hydrogens is 371 g/mol. The van der Waals surface area contributed by atoms with Crippen LogP contribution in [0.25, 0.3) is 0 Å². The van der Waals surface area contributed by atoms with Crippen LogP contribution in [0, 0.1) is 5.92 Å². The SMILES string of the molecule is CC1(N)CCCCC1C(=O)Nc1ccc(S(=O)(=O)NCC(F)(F)F)cc1. The molecule has 2 unspecified atom stereocenters. The Hall–Kier alpha value is -1.65. The van der Waals surface area contributed by atoms with Crippen LogP contribution in [-0.2, 0) is 14.8 Å². The summed E-state index contributed by atoms with van der Waals surface area (Å²) in [4.78, 5) is 12.1. The number of anilines is 1. The molecule has 146 valence electrons. The quantitative estimate of drug-likeness (QED) is 0.715. The van der Waals surface area contributed by atoms with Gasteiger partial charge >= 0.3 is 6.18 Å². The highest BCUT2D eigenvalue weighted by atomic mass is 32.2. The highest BCUT2D eigenvalue weighted by Gasteiger charge is 2.37. The minimum Gasteiger partial charge on any atom is -0.326 e. The van der Waals surface area contributed by atoms with Gasteiger partial charge < -0.3 is 11.1 Å². The van der Waals surface area contributed by atoms with Crippen LogP contribution in [0.15, 0.2) is 29.2 Å². The number of benzene rings is 1. The third-order valence-corrected chi connectivity index (χ3v) is 5.88. The van der Waals surface area contributed by atoms with Gasteiger partial charge in [0.15, 0.2) is 0 Å². The fourth-order valence-corrected chi connectivity index (χ4v) is 4.01. The molecular formula is C16H22F3N3O3S. The average Bonchev–Trinajstić information content (AvgIpc) is 2.52. The molecule has 1 fully saturated rings. The van der Waals surface area contributed by atoms with E-state index in [1.54, 1.807) is 0 Å². The standard InChI is InChI=1S/C16H22F3N3O3S/c1-15(20)9-3-2-4-13(15)14(23)22-11-5-7-12(8-6-11)26(24,25)21-10-16(17,18)19/h5-8,13,21H,2-4,9-10,20H2,1H3,(H,22,23). The zero-order chi connectivity index (χ0) is 19.6. The highest BCUT2D eigenvalue weighted by Crippen LogP contribution is 2.32. The van der Waals surface area contributed by atoms with E-state index in [0.717, 1.165) is 31.4 Å². The number of halogens is 3. The van der Waals surface area contributed by atoms with Crippen molar-refractivity contribution in [3.05, 3.63) is 24.3 Å². The zero-order valence-corrected chi connectivity index (χ0v) is 15.1. The molecule has 0 radical (unpaired) electrons. The summed E-state index contributed by atoms with van der Waals surface area (Å²) < 4.78 is 61.6. The molecule has 1 amide bonds. The van der Waals surface area contributed by atoms with E-state index in [1.165, 1.54) is 16.9 Å². The van der Waals surface area contributed by atoms with Crippen LogP contribution >= 0.6 is 0 Å². The van der Waals surface area contributed by atoms with Crippen LogP contribution in [0.1, 0.15) is 32.6 Å². The second-order valence-corrected chi connectivity index (χ2v) is 8.52. The lowest BCUT2D eigenvalue weighted by Crippen LogP contribution is -2.51. The van der Waals surface area contributed by atoms with Gasteiger partial charge in [-0.1, -0.05) is 12.8 Å². The molecule has 0 aliphatic heterocycles. The molecule has 1 aliphatic carbocycles. The largest absolute Gasteiger partial charge is 0.402 e. The molecule has 0 bridgehead atoms. The minimum atomic E-state index is -4.64. The van der Waals surface area contributed by atoms with E-state index >= 15 is 0 Å². The Balaban J connectivity index is 2.04. The van der Waals surface area contributed by atoms with Gasteiger partial charge in [-0.3, -0.25) is 4.79 Å². The van der Waals surface area contributed by atoms with Gasteiger partial charge in [-0.25, -0.2) is 13.1 Å². The first-order valence-corrected chi connectivity index (χ1v) is 9.65. The number of nitrogens with two attached hydrogens (primary N) is 1. The Morgan fingerprint density at radius 3 is 2.42 bits per heavy atom. The van der Waals surface area contributed by atoms with Crippen LogP contribution in [-0.4, -0.2) is 32.6 Å². The van der Waals surface area contributed by atoms with Crippen molar-refractivity contribution in [2.24, 2.45) is 11.7 Å². The third kappa shape index (κ3) is 5.42. The van der Waals surface area contributed by atoms with Gasteiger partial charge in [-0.2, -0.15) is 13.2 Å². The van der Waals surface area contributed by atoms with Gasteiger partial charge in [0.2, 0.25) is 15.9 Å². The smallest absolute Gasteiger partial charge is 0.326 e. The van der Waals surface area contributed by atoms with Crippen molar-refractivity contribution >= 4 is 21.6 Å². The van der Waals surface area contributed by atoms with Gasteiger partial charge in [0.1, 0.15) is 6.54 Å². The van der Waals surface area contributed by atoms with Crippen molar-refractivity contribution in [3.8, 4) is 0 Å². The molecule has 1 aliphatic rings. The van der Waals surface area contributed by atoms with E-state index in [-0.39, 0.29) is 16.7 Å². The number of alkyl halides is 3. The van der Waals surface area contributed by atoms with Crippen molar-refractivity contribution in [1.82, 2.24) is 4.72 Å². The number of rotatable bonds is 5. The lowest BCUT2D eigenvalue weighted by atomic mass is 9.74. The van der Waals surface area contributed by atoms with Crippen molar-refractivity contribution in [2.45, 2.75) is 49.2 Å². The second kappa shape index (κ2) is 7.53. The van der Waals surface area contributed by atoms with E-state index in [1.807, 2.05) is 6.92 Å². The molecule has 4 N–H and O–H groups in total. The summed E-state index contributed by atoms with van der Waals surface area (Å²) in [6, 6.07) is 4.93. The number of carbonyl (C=O) groups is 1. The Morgan fingerprint density at radius 2 is 1.88 bits per heavy atom. The molecule has 1 saturated carbocycles. The molecule has 2 atom stereocenters. The molecule has 0 saturated heterocycles.